The third kappa shape index (κ3) is 5.07. The number of thiazole rings is 1. The van der Waals surface area contributed by atoms with Gasteiger partial charge in [-0.05, 0) is 35.9 Å². The fourth-order valence-corrected chi connectivity index (χ4v) is 4.93. The predicted octanol–water partition coefficient (Wildman–Crippen LogP) is 3.36. The molecule has 0 unspecified atom stereocenters. The Morgan fingerprint density at radius 3 is 2.79 bits per heavy atom. The molecule has 0 aromatic carbocycles. The standard InChI is InChI=1S/C21H22N4O2S2/c26-19(10-18-14-29-21(24-18)17-5-9-28-13-17)25-7-3-16(4-8-25)20(27)23-12-15-2-1-6-22-11-15/h1-2,5-6,9,11,13-14,16H,3-4,7-8,10,12H2,(H,23,27). The number of carbonyl (C=O) groups excluding carboxylic acids is 2. The van der Waals surface area contributed by atoms with E-state index in [4.69, 9.17) is 0 Å². The maximum Gasteiger partial charge on any atom is 0.228 e. The van der Waals surface area contributed by atoms with Gasteiger partial charge < -0.3 is 10.2 Å². The molecule has 29 heavy (non-hydrogen) atoms. The van der Waals surface area contributed by atoms with Crippen molar-refractivity contribution >= 4 is 34.5 Å². The summed E-state index contributed by atoms with van der Waals surface area (Å²) in [4.78, 5) is 35.6. The lowest BCUT2D eigenvalue weighted by Gasteiger charge is -2.31. The topological polar surface area (TPSA) is 75.2 Å². The number of likely N-dealkylation sites (tertiary alicyclic amines) is 1. The Hall–Kier alpha value is -2.58. The summed E-state index contributed by atoms with van der Waals surface area (Å²) in [7, 11) is 0. The summed E-state index contributed by atoms with van der Waals surface area (Å²) >= 11 is 3.21. The van der Waals surface area contributed by atoms with E-state index in [1.54, 1.807) is 35.1 Å². The lowest BCUT2D eigenvalue weighted by molar-refractivity contribution is -0.135. The van der Waals surface area contributed by atoms with Crippen LogP contribution >= 0.6 is 22.7 Å². The van der Waals surface area contributed by atoms with Crippen LogP contribution < -0.4 is 5.32 Å². The number of thiophene rings is 1. The van der Waals surface area contributed by atoms with Gasteiger partial charge in [-0.15, -0.1) is 11.3 Å². The smallest absolute Gasteiger partial charge is 0.228 e. The lowest BCUT2D eigenvalue weighted by Crippen LogP contribution is -2.43. The third-order valence-electron chi connectivity index (χ3n) is 5.06. The zero-order chi connectivity index (χ0) is 20.1. The SMILES string of the molecule is O=C(NCc1cccnc1)C1CCN(C(=O)Cc2csc(-c3ccsc3)n2)CC1. The molecule has 1 aliphatic rings. The molecular formula is C21H22N4O2S2. The quantitative estimate of drug-likeness (QED) is 0.656. The summed E-state index contributed by atoms with van der Waals surface area (Å²) < 4.78 is 0. The molecule has 4 heterocycles. The molecular weight excluding hydrogens is 404 g/mol. The second-order valence-corrected chi connectivity index (χ2v) is 8.71. The van der Waals surface area contributed by atoms with Crippen LogP contribution in [-0.2, 0) is 22.6 Å². The van der Waals surface area contributed by atoms with Crippen LogP contribution in [0.2, 0.25) is 0 Å². The number of hydrogen-bond acceptors (Lipinski definition) is 6. The fraction of sp³-hybridized carbons (Fsp3) is 0.333. The van der Waals surface area contributed by atoms with Gasteiger partial charge in [0.1, 0.15) is 5.01 Å². The van der Waals surface area contributed by atoms with Gasteiger partial charge in [0.2, 0.25) is 11.8 Å². The number of carbonyl (C=O) groups is 2. The molecule has 3 aromatic rings. The molecule has 0 saturated carbocycles. The molecule has 1 N–H and O–H groups in total. The van der Waals surface area contributed by atoms with E-state index in [1.807, 2.05) is 33.9 Å². The van der Waals surface area contributed by atoms with E-state index in [1.165, 1.54) is 0 Å². The number of amides is 2. The monoisotopic (exact) mass is 426 g/mol. The fourth-order valence-electron chi connectivity index (χ4n) is 3.40. The first-order valence-corrected chi connectivity index (χ1v) is 11.4. The first kappa shape index (κ1) is 19.7. The molecule has 0 radical (unpaired) electrons. The predicted molar refractivity (Wildman–Crippen MR) is 115 cm³/mol. The van der Waals surface area contributed by atoms with E-state index in [9.17, 15) is 9.59 Å². The minimum absolute atomic E-state index is 0.0415. The number of piperidine rings is 1. The largest absolute Gasteiger partial charge is 0.352 e. The minimum Gasteiger partial charge on any atom is -0.352 e. The summed E-state index contributed by atoms with van der Waals surface area (Å²) in [6, 6.07) is 5.84. The Balaban J connectivity index is 1.24. The highest BCUT2D eigenvalue weighted by Crippen LogP contribution is 2.26. The van der Waals surface area contributed by atoms with Crippen LogP contribution in [-0.4, -0.2) is 39.8 Å². The number of aromatic nitrogens is 2. The molecule has 150 valence electrons. The maximum absolute atomic E-state index is 12.6. The molecule has 0 bridgehead atoms. The number of pyridine rings is 1. The van der Waals surface area contributed by atoms with Gasteiger partial charge >= 0.3 is 0 Å². The van der Waals surface area contributed by atoms with Gasteiger partial charge in [-0.25, -0.2) is 4.98 Å². The summed E-state index contributed by atoms with van der Waals surface area (Å²) in [5.74, 6) is 0.0995. The van der Waals surface area contributed by atoms with E-state index in [0.717, 1.165) is 21.8 Å². The van der Waals surface area contributed by atoms with Gasteiger partial charge in [0, 0.05) is 54.3 Å². The van der Waals surface area contributed by atoms with E-state index in [2.05, 4.69) is 20.7 Å². The summed E-state index contributed by atoms with van der Waals surface area (Å²) in [6.07, 6.45) is 5.18. The number of hydrogen-bond donors (Lipinski definition) is 1. The van der Waals surface area contributed by atoms with E-state index < -0.39 is 0 Å². The zero-order valence-electron chi connectivity index (χ0n) is 15.9. The normalized spacial score (nSPS) is 14.7. The highest BCUT2D eigenvalue weighted by atomic mass is 32.1. The van der Waals surface area contributed by atoms with Crippen LogP contribution in [0.1, 0.15) is 24.1 Å². The van der Waals surface area contributed by atoms with Gasteiger partial charge in [0.05, 0.1) is 12.1 Å². The molecule has 0 aliphatic carbocycles. The Morgan fingerprint density at radius 2 is 2.07 bits per heavy atom. The van der Waals surface area contributed by atoms with Crippen LogP contribution in [0.15, 0.2) is 46.7 Å². The molecule has 0 spiro atoms. The van der Waals surface area contributed by atoms with Crippen molar-refractivity contribution in [1.29, 1.82) is 0 Å². The zero-order valence-corrected chi connectivity index (χ0v) is 17.5. The van der Waals surface area contributed by atoms with Crippen LogP contribution in [0, 0.1) is 5.92 Å². The van der Waals surface area contributed by atoms with Crippen LogP contribution in [0.3, 0.4) is 0 Å². The number of nitrogens with one attached hydrogen (secondary N) is 1. The molecule has 8 heteroatoms. The van der Waals surface area contributed by atoms with Crippen LogP contribution in [0.4, 0.5) is 0 Å². The average molecular weight is 427 g/mol. The molecule has 0 atom stereocenters. The van der Waals surface area contributed by atoms with Crippen molar-refractivity contribution in [2.24, 2.45) is 5.92 Å². The molecule has 1 aliphatic heterocycles. The summed E-state index contributed by atoms with van der Waals surface area (Å²) in [5, 5.41) is 9.99. The summed E-state index contributed by atoms with van der Waals surface area (Å²) in [5.41, 5.74) is 2.91. The Kier molecular flexibility index (Phi) is 6.31. The summed E-state index contributed by atoms with van der Waals surface area (Å²) in [6.45, 7) is 1.72. The highest BCUT2D eigenvalue weighted by Gasteiger charge is 2.27. The van der Waals surface area contributed by atoms with Crippen LogP contribution in [0.5, 0.6) is 0 Å². The molecule has 6 nitrogen and oxygen atoms in total. The van der Waals surface area contributed by atoms with Gasteiger partial charge in [-0.3, -0.25) is 14.6 Å². The van der Waals surface area contributed by atoms with Crippen molar-refractivity contribution < 1.29 is 9.59 Å². The third-order valence-corrected chi connectivity index (χ3v) is 6.68. The molecule has 3 aromatic heterocycles. The maximum atomic E-state index is 12.6. The van der Waals surface area contributed by atoms with E-state index in [-0.39, 0.29) is 17.7 Å². The first-order valence-electron chi connectivity index (χ1n) is 9.60. The first-order chi connectivity index (χ1) is 14.2. The van der Waals surface area contributed by atoms with Crippen molar-refractivity contribution in [3.63, 3.8) is 0 Å². The Labute approximate surface area is 177 Å². The second-order valence-electron chi connectivity index (χ2n) is 7.07. The molecule has 4 rings (SSSR count). The van der Waals surface area contributed by atoms with Crippen molar-refractivity contribution in [3.05, 3.63) is 58.0 Å². The highest BCUT2D eigenvalue weighted by molar-refractivity contribution is 7.14. The van der Waals surface area contributed by atoms with Gasteiger partial charge in [0.25, 0.3) is 0 Å². The minimum atomic E-state index is -0.0415. The van der Waals surface area contributed by atoms with Crippen molar-refractivity contribution in [1.82, 2.24) is 20.2 Å². The average Bonchev–Trinajstić information content (AvgIpc) is 3.45. The van der Waals surface area contributed by atoms with E-state index >= 15 is 0 Å². The van der Waals surface area contributed by atoms with Gasteiger partial charge in [0.15, 0.2) is 0 Å². The Morgan fingerprint density at radius 1 is 1.21 bits per heavy atom. The van der Waals surface area contributed by atoms with Crippen molar-refractivity contribution in [2.75, 3.05) is 13.1 Å². The van der Waals surface area contributed by atoms with Crippen molar-refractivity contribution in [2.45, 2.75) is 25.8 Å². The van der Waals surface area contributed by atoms with Gasteiger partial charge in [-0.1, -0.05) is 6.07 Å². The van der Waals surface area contributed by atoms with Crippen LogP contribution in [0.25, 0.3) is 10.6 Å². The molecule has 1 saturated heterocycles. The Bertz CT molecular complexity index is 948. The lowest BCUT2D eigenvalue weighted by atomic mass is 9.95. The van der Waals surface area contributed by atoms with E-state index in [0.29, 0.717) is 38.9 Å². The van der Waals surface area contributed by atoms with Gasteiger partial charge in [-0.2, -0.15) is 11.3 Å². The molecule has 2 amide bonds. The van der Waals surface area contributed by atoms with Crippen molar-refractivity contribution in [3.8, 4) is 10.6 Å². The number of nitrogens with zero attached hydrogens (tertiary/aromatic N) is 3. The number of rotatable bonds is 6. The second kappa shape index (κ2) is 9.28. The molecule has 1 fully saturated rings.